The first kappa shape index (κ1) is 23.9. The van der Waals surface area contributed by atoms with Gasteiger partial charge in [-0.1, -0.05) is 24.3 Å². The molecule has 0 saturated heterocycles. The van der Waals surface area contributed by atoms with Gasteiger partial charge in [0.1, 0.15) is 11.5 Å². The van der Waals surface area contributed by atoms with E-state index in [2.05, 4.69) is 0 Å². The summed E-state index contributed by atoms with van der Waals surface area (Å²) in [5.74, 6) is 0.0694. The number of aromatic hydroxyl groups is 2. The van der Waals surface area contributed by atoms with Crippen molar-refractivity contribution in [3.8, 4) is 11.5 Å². The molecule has 1 radical (unpaired) electrons. The van der Waals surface area contributed by atoms with Crippen molar-refractivity contribution in [2.75, 3.05) is 0 Å². The molecule has 0 heterocycles. The van der Waals surface area contributed by atoms with Crippen LogP contribution in [-0.2, 0) is 16.8 Å². The second-order valence-corrected chi connectivity index (χ2v) is 3.35. The van der Waals surface area contributed by atoms with Crippen molar-refractivity contribution in [2.24, 2.45) is 0 Å². The van der Waals surface area contributed by atoms with Crippen LogP contribution in [0.2, 0.25) is 0 Å². The van der Waals surface area contributed by atoms with E-state index in [1.807, 2.05) is 0 Å². The standard InChI is InChI=1S/2C7H6O2.Co.2H2O/c2*8-5-6-3-1-2-4-7(6)9;;;/h2*1-5,9H;;2*1H2. The Morgan fingerprint density at radius 3 is 1.14 bits per heavy atom. The number of benzene rings is 2. The molecule has 6 N–H and O–H groups in total. The van der Waals surface area contributed by atoms with Gasteiger partial charge in [0.15, 0.2) is 12.6 Å². The fraction of sp³-hybridized carbons (Fsp3) is 0. The molecule has 117 valence electrons. The Hall–Kier alpha value is -2.19. The summed E-state index contributed by atoms with van der Waals surface area (Å²) in [6, 6.07) is 12.8. The molecule has 6 nitrogen and oxygen atoms in total. The Bertz CT molecular complexity index is 495. The molecule has 2 aromatic rings. The molecule has 0 saturated carbocycles. The van der Waals surface area contributed by atoms with Gasteiger partial charge in [0.05, 0.1) is 11.1 Å². The number of carbonyl (C=O) groups excluding carboxylic acids is 2. The fourth-order valence-corrected chi connectivity index (χ4v) is 1.17. The summed E-state index contributed by atoms with van der Waals surface area (Å²) in [6.45, 7) is 0. The molecule has 0 unspecified atom stereocenters. The SMILES string of the molecule is O.O.O=Cc1ccccc1O.O=Cc1ccccc1O.[Co]. The summed E-state index contributed by atoms with van der Waals surface area (Å²) in [7, 11) is 0. The zero-order valence-electron chi connectivity index (χ0n) is 10.8. The molecular formula is C14H16CoO6. The smallest absolute Gasteiger partial charge is 0.153 e. The van der Waals surface area contributed by atoms with Gasteiger partial charge in [-0.05, 0) is 24.3 Å². The van der Waals surface area contributed by atoms with Crippen molar-refractivity contribution < 1.29 is 47.5 Å². The number of para-hydroxylation sites is 2. The Kier molecular flexibility index (Phi) is 14.6. The van der Waals surface area contributed by atoms with Crippen molar-refractivity contribution in [3.05, 3.63) is 59.7 Å². The van der Waals surface area contributed by atoms with Gasteiger partial charge in [0, 0.05) is 16.8 Å². The van der Waals surface area contributed by atoms with Crippen LogP contribution in [0.4, 0.5) is 0 Å². The van der Waals surface area contributed by atoms with E-state index in [0.717, 1.165) is 0 Å². The van der Waals surface area contributed by atoms with Gasteiger partial charge in [0.25, 0.3) is 0 Å². The fourth-order valence-electron chi connectivity index (χ4n) is 1.17. The normalized spacial score (nSPS) is 7.62. The average molecular weight is 339 g/mol. The second-order valence-electron chi connectivity index (χ2n) is 3.35. The van der Waals surface area contributed by atoms with Crippen molar-refractivity contribution in [1.29, 1.82) is 0 Å². The average Bonchev–Trinajstić information content (AvgIpc) is 2.41. The molecule has 0 aliphatic rings. The number of carbonyl (C=O) groups is 2. The largest absolute Gasteiger partial charge is 0.507 e. The van der Waals surface area contributed by atoms with E-state index < -0.39 is 0 Å². The van der Waals surface area contributed by atoms with E-state index in [9.17, 15) is 9.59 Å². The van der Waals surface area contributed by atoms with Crippen molar-refractivity contribution in [3.63, 3.8) is 0 Å². The van der Waals surface area contributed by atoms with Gasteiger partial charge in [-0.3, -0.25) is 9.59 Å². The molecule has 0 amide bonds. The van der Waals surface area contributed by atoms with Gasteiger partial charge >= 0.3 is 0 Å². The van der Waals surface area contributed by atoms with Crippen molar-refractivity contribution in [1.82, 2.24) is 0 Å². The zero-order chi connectivity index (χ0) is 13.4. The molecule has 0 spiro atoms. The second kappa shape index (κ2) is 12.8. The summed E-state index contributed by atoms with van der Waals surface area (Å²) >= 11 is 0. The Balaban J connectivity index is -0.000000270. The van der Waals surface area contributed by atoms with Gasteiger partial charge in [-0.2, -0.15) is 0 Å². The molecule has 0 atom stereocenters. The van der Waals surface area contributed by atoms with Gasteiger partial charge < -0.3 is 21.2 Å². The summed E-state index contributed by atoms with van der Waals surface area (Å²) in [6.07, 6.45) is 1.24. The van der Waals surface area contributed by atoms with E-state index in [1.54, 1.807) is 36.4 Å². The van der Waals surface area contributed by atoms with Crippen LogP contribution in [0.3, 0.4) is 0 Å². The summed E-state index contributed by atoms with van der Waals surface area (Å²) in [4.78, 5) is 20.1. The maximum absolute atomic E-state index is 10.1. The van der Waals surface area contributed by atoms with Crippen LogP contribution in [-0.4, -0.2) is 33.7 Å². The molecule has 0 bridgehead atoms. The predicted molar refractivity (Wildman–Crippen MR) is 74.2 cm³/mol. The van der Waals surface area contributed by atoms with E-state index in [-0.39, 0.29) is 39.2 Å². The van der Waals surface area contributed by atoms with Crippen molar-refractivity contribution in [2.45, 2.75) is 0 Å². The van der Waals surface area contributed by atoms with E-state index in [0.29, 0.717) is 23.7 Å². The maximum Gasteiger partial charge on any atom is 0.153 e. The Morgan fingerprint density at radius 1 is 0.667 bits per heavy atom. The number of phenolic OH excluding ortho intramolecular Hbond substituents is 2. The minimum atomic E-state index is 0. The Labute approximate surface area is 131 Å². The van der Waals surface area contributed by atoms with E-state index in [4.69, 9.17) is 10.2 Å². The number of aldehydes is 2. The summed E-state index contributed by atoms with van der Waals surface area (Å²) in [5, 5.41) is 17.8. The number of hydrogen-bond acceptors (Lipinski definition) is 4. The van der Waals surface area contributed by atoms with Crippen molar-refractivity contribution >= 4 is 12.6 Å². The third kappa shape index (κ3) is 7.85. The topological polar surface area (TPSA) is 138 Å². The number of phenols is 2. The minimum Gasteiger partial charge on any atom is -0.507 e. The molecule has 21 heavy (non-hydrogen) atoms. The van der Waals surface area contributed by atoms with E-state index in [1.165, 1.54) is 12.1 Å². The summed E-state index contributed by atoms with van der Waals surface area (Å²) < 4.78 is 0. The quantitative estimate of drug-likeness (QED) is 0.780. The van der Waals surface area contributed by atoms with Crippen LogP contribution < -0.4 is 0 Å². The van der Waals surface area contributed by atoms with Crippen LogP contribution in [0, 0.1) is 0 Å². The van der Waals surface area contributed by atoms with Crippen LogP contribution >= 0.6 is 0 Å². The molecular weight excluding hydrogens is 323 g/mol. The molecule has 0 aliphatic carbocycles. The van der Waals surface area contributed by atoms with Gasteiger partial charge in [0.2, 0.25) is 0 Å². The first-order valence-electron chi connectivity index (χ1n) is 5.15. The number of rotatable bonds is 2. The van der Waals surface area contributed by atoms with Crippen LogP contribution in [0.5, 0.6) is 11.5 Å². The molecule has 0 aromatic heterocycles. The zero-order valence-corrected chi connectivity index (χ0v) is 11.9. The molecule has 2 aromatic carbocycles. The number of hydrogen-bond donors (Lipinski definition) is 2. The van der Waals surface area contributed by atoms with Crippen LogP contribution in [0.25, 0.3) is 0 Å². The third-order valence-electron chi connectivity index (χ3n) is 2.13. The molecule has 2 rings (SSSR count). The minimum absolute atomic E-state index is 0. The first-order valence-corrected chi connectivity index (χ1v) is 5.15. The molecule has 7 heteroatoms. The van der Waals surface area contributed by atoms with Gasteiger partial charge in [-0.15, -0.1) is 0 Å². The van der Waals surface area contributed by atoms with Crippen LogP contribution in [0.15, 0.2) is 48.5 Å². The van der Waals surface area contributed by atoms with Crippen LogP contribution in [0.1, 0.15) is 20.7 Å². The third-order valence-corrected chi connectivity index (χ3v) is 2.13. The predicted octanol–water partition coefficient (Wildman–Crippen LogP) is 0.758. The van der Waals surface area contributed by atoms with Gasteiger partial charge in [-0.25, -0.2) is 0 Å². The van der Waals surface area contributed by atoms with E-state index >= 15 is 0 Å². The molecule has 0 aliphatic heterocycles. The monoisotopic (exact) mass is 339 g/mol. The first-order chi connectivity index (χ1) is 8.69. The molecule has 0 fully saturated rings. The summed E-state index contributed by atoms with van der Waals surface area (Å²) in [5.41, 5.74) is 0.662. The Morgan fingerprint density at radius 2 is 0.952 bits per heavy atom. The maximum atomic E-state index is 10.1.